The summed E-state index contributed by atoms with van der Waals surface area (Å²) in [6.45, 7) is 8.55. The summed E-state index contributed by atoms with van der Waals surface area (Å²) in [6.07, 6.45) is 0. The van der Waals surface area contributed by atoms with Crippen LogP contribution in [0.1, 0.15) is 27.7 Å². The molecular formula is C13H21N3S. The molecule has 0 radical (unpaired) electrons. The number of nitrogens with one attached hydrogen (secondary N) is 2. The van der Waals surface area contributed by atoms with Crippen molar-refractivity contribution in [2.75, 3.05) is 5.32 Å². The third-order valence-corrected chi connectivity index (χ3v) is 2.57. The van der Waals surface area contributed by atoms with Crippen molar-refractivity contribution in [3.8, 4) is 0 Å². The van der Waals surface area contributed by atoms with Crippen LogP contribution in [0.4, 0.5) is 5.69 Å². The fraction of sp³-hybridized carbons (Fsp3) is 0.462. The maximum atomic E-state index is 5.29. The molecule has 0 aliphatic carbocycles. The highest BCUT2D eigenvalue weighted by atomic mass is 32.1. The molecule has 17 heavy (non-hydrogen) atoms. The number of anilines is 1. The predicted octanol–water partition coefficient (Wildman–Crippen LogP) is 3.01. The van der Waals surface area contributed by atoms with E-state index in [9.17, 15) is 0 Å². The lowest BCUT2D eigenvalue weighted by molar-refractivity contribution is 0.141. The van der Waals surface area contributed by atoms with Crippen LogP contribution in [0.2, 0.25) is 0 Å². The smallest absolute Gasteiger partial charge is 0.185 e. The van der Waals surface area contributed by atoms with Crippen molar-refractivity contribution in [3.05, 3.63) is 30.3 Å². The van der Waals surface area contributed by atoms with Gasteiger partial charge in [-0.1, -0.05) is 18.2 Å². The topological polar surface area (TPSA) is 27.3 Å². The van der Waals surface area contributed by atoms with Crippen molar-refractivity contribution >= 4 is 23.0 Å². The summed E-state index contributed by atoms with van der Waals surface area (Å²) in [5, 5.41) is 5.91. The van der Waals surface area contributed by atoms with E-state index in [2.05, 4.69) is 43.4 Å². The molecule has 4 heteroatoms. The zero-order valence-electron chi connectivity index (χ0n) is 10.9. The van der Waals surface area contributed by atoms with Gasteiger partial charge in [0, 0.05) is 17.8 Å². The molecule has 0 aliphatic rings. The van der Waals surface area contributed by atoms with E-state index >= 15 is 0 Å². The van der Waals surface area contributed by atoms with Crippen LogP contribution in [-0.4, -0.2) is 22.2 Å². The monoisotopic (exact) mass is 251 g/mol. The Labute approximate surface area is 109 Å². The molecule has 0 aromatic heterocycles. The summed E-state index contributed by atoms with van der Waals surface area (Å²) in [4.78, 5) is 0. The van der Waals surface area contributed by atoms with Gasteiger partial charge in [-0.05, 0) is 52.0 Å². The number of hydrazine groups is 1. The second kappa shape index (κ2) is 6.57. The van der Waals surface area contributed by atoms with Crippen LogP contribution >= 0.6 is 12.2 Å². The van der Waals surface area contributed by atoms with Gasteiger partial charge in [-0.15, -0.1) is 0 Å². The van der Waals surface area contributed by atoms with Crippen LogP contribution in [0.15, 0.2) is 30.3 Å². The summed E-state index contributed by atoms with van der Waals surface area (Å²) in [5.74, 6) is 0. The molecule has 1 aromatic carbocycles. The van der Waals surface area contributed by atoms with Gasteiger partial charge in [0.05, 0.1) is 0 Å². The van der Waals surface area contributed by atoms with E-state index in [1.807, 2.05) is 30.3 Å². The Hall–Kier alpha value is -1.13. The summed E-state index contributed by atoms with van der Waals surface area (Å²) in [6, 6.07) is 10.7. The number of thiocarbonyl (C=S) groups is 1. The molecule has 0 fully saturated rings. The van der Waals surface area contributed by atoms with Crippen LogP contribution in [-0.2, 0) is 0 Å². The van der Waals surface area contributed by atoms with Gasteiger partial charge in [-0.2, -0.15) is 0 Å². The third-order valence-electron chi connectivity index (χ3n) is 2.37. The normalized spacial score (nSPS) is 11.0. The third kappa shape index (κ3) is 4.71. The van der Waals surface area contributed by atoms with Crippen LogP contribution in [0.25, 0.3) is 0 Å². The maximum absolute atomic E-state index is 5.29. The second-order valence-corrected chi connectivity index (χ2v) is 4.93. The van der Waals surface area contributed by atoms with Gasteiger partial charge in [-0.3, -0.25) is 5.43 Å². The van der Waals surface area contributed by atoms with Gasteiger partial charge < -0.3 is 5.32 Å². The van der Waals surface area contributed by atoms with E-state index in [0.29, 0.717) is 17.2 Å². The Kier molecular flexibility index (Phi) is 5.38. The lowest BCUT2D eigenvalue weighted by Crippen LogP contribution is -2.51. The zero-order valence-corrected chi connectivity index (χ0v) is 11.7. The van der Waals surface area contributed by atoms with Crippen LogP contribution < -0.4 is 10.7 Å². The predicted molar refractivity (Wildman–Crippen MR) is 77.9 cm³/mol. The number of rotatable bonds is 4. The fourth-order valence-corrected chi connectivity index (χ4v) is 1.88. The summed E-state index contributed by atoms with van der Waals surface area (Å²) in [7, 11) is 0. The molecule has 3 nitrogen and oxygen atoms in total. The van der Waals surface area contributed by atoms with E-state index < -0.39 is 0 Å². The largest absolute Gasteiger partial charge is 0.332 e. The first-order valence-corrected chi connectivity index (χ1v) is 6.32. The molecule has 0 heterocycles. The molecule has 0 aliphatic heterocycles. The average Bonchev–Trinajstić information content (AvgIpc) is 2.26. The van der Waals surface area contributed by atoms with Crippen molar-refractivity contribution in [3.63, 3.8) is 0 Å². The summed E-state index contributed by atoms with van der Waals surface area (Å²) < 4.78 is 0. The Morgan fingerprint density at radius 3 is 2.06 bits per heavy atom. The molecule has 0 atom stereocenters. The lowest BCUT2D eigenvalue weighted by Gasteiger charge is -2.31. The van der Waals surface area contributed by atoms with Gasteiger partial charge in [0.2, 0.25) is 0 Å². The number of benzene rings is 1. The number of nitrogens with zero attached hydrogens (tertiary/aromatic N) is 1. The average molecular weight is 251 g/mol. The molecule has 1 rings (SSSR count). The summed E-state index contributed by atoms with van der Waals surface area (Å²) >= 11 is 5.29. The van der Waals surface area contributed by atoms with Crippen molar-refractivity contribution in [2.24, 2.45) is 0 Å². The van der Waals surface area contributed by atoms with Crippen molar-refractivity contribution in [1.29, 1.82) is 0 Å². The number of para-hydroxylation sites is 1. The van der Waals surface area contributed by atoms with Crippen LogP contribution in [0.3, 0.4) is 0 Å². The van der Waals surface area contributed by atoms with Crippen LogP contribution in [0, 0.1) is 0 Å². The molecule has 0 saturated heterocycles. The first kappa shape index (κ1) is 13.9. The molecule has 0 amide bonds. The molecule has 0 unspecified atom stereocenters. The molecule has 1 aromatic rings. The Morgan fingerprint density at radius 2 is 1.59 bits per heavy atom. The zero-order chi connectivity index (χ0) is 12.8. The van der Waals surface area contributed by atoms with Crippen LogP contribution in [0.5, 0.6) is 0 Å². The fourth-order valence-electron chi connectivity index (χ4n) is 1.65. The van der Waals surface area contributed by atoms with Gasteiger partial charge in [-0.25, -0.2) is 5.01 Å². The van der Waals surface area contributed by atoms with Crippen molar-refractivity contribution in [1.82, 2.24) is 10.4 Å². The van der Waals surface area contributed by atoms with Gasteiger partial charge >= 0.3 is 0 Å². The molecule has 94 valence electrons. The van der Waals surface area contributed by atoms with E-state index in [4.69, 9.17) is 12.2 Å². The SMILES string of the molecule is CC(C)N(NC(=S)Nc1ccccc1)C(C)C. The highest BCUT2D eigenvalue weighted by Crippen LogP contribution is 2.06. The van der Waals surface area contributed by atoms with Gasteiger partial charge in [0.25, 0.3) is 0 Å². The standard InChI is InChI=1S/C13H21N3S/c1-10(2)16(11(3)4)15-13(17)14-12-8-6-5-7-9-12/h5-11H,1-4H3,(H2,14,15,17). The molecule has 2 N–H and O–H groups in total. The van der Waals surface area contributed by atoms with E-state index in [1.165, 1.54) is 0 Å². The lowest BCUT2D eigenvalue weighted by atomic mass is 10.3. The highest BCUT2D eigenvalue weighted by Gasteiger charge is 2.13. The van der Waals surface area contributed by atoms with Gasteiger partial charge in [0.1, 0.15) is 0 Å². The van der Waals surface area contributed by atoms with Crippen molar-refractivity contribution in [2.45, 2.75) is 39.8 Å². The second-order valence-electron chi connectivity index (χ2n) is 4.53. The highest BCUT2D eigenvalue weighted by molar-refractivity contribution is 7.80. The van der Waals surface area contributed by atoms with Gasteiger partial charge in [0.15, 0.2) is 5.11 Å². The minimum absolute atomic E-state index is 0.394. The summed E-state index contributed by atoms with van der Waals surface area (Å²) in [5.41, 5.74) is 4.22. The first-order chi connectivity index (χ1) is 8.00. The number of hydrogen-bond donors (Lipinski definition) is 2. The Morgan fingerprint density at radius 1 is 1.06 bits per heavy atom. The minimum atomic E-state index is 0.394. The van der Waals surface area contributed by atoms with E-state index in [1.54, 1.807) is 0 Å². The first-order valence-electron chi connectivity index (χ1n) is 5.91. The minimum Gasteiger partial charge on any atom is -0.332 e. The van der Waals surface area contributed by atoms with Crippen molar-refractivity contribution < 1.29 is 0 Å². The maximum Gasteiger partial charge on any atom is 0.185 e. The Balaban J connectivity index is 2.54. The Bertz CT molecular complexity index is 341. The molecule has 0 bridgehead atoms. The molecular weight excluding hydrogens is 230 g/mol. The molecule has 0 spiro atoms. The molecule has 0 saturated carbocycles. The number of hydrogen-bond acceptors (Lipinski definition) is 2. The van der Waals surface area contributed by atoms with E-state index in [0.717, 1.165) is 5.69 Å². The van der Waals surface area contributed by atoms with E-state index in [-0.39, 0.29) is 0 Å². The quantitative estimate of drug-likeness (QED) is 0.635.